The van der Waals surface area contributed by atoms with Crippen LogP contribution >= 0.6 is 0 Å². The molecule has 0 spiro atoms. The second-order valence-electron chi connectivity index (χ2n) is 7.95. The Kier molecular flexibility index (Phi) is 7.97. The highest BCUT2D eigenvalue weighted by molar-refractivity contribution is 5.99. The molecule has 11 nitrogen and oxygen atoms in total. The zero-order chi connectivity index (χ0) is 27.1. The first-order valence-electron chi connectivity index (χ1n) is 11.4. The number of hydrogen-bond donors (Lipinski definition) is 3. The molecule has 11 heteroatoms. The van der Waals surface area contributed by atoms with Crippen LogP contribution in [0.2, 0.25) is 0 Å². The van der Waals surface area contributed by atoms with E-state index in [2.05, 4.69) is 26.0 Å². The van der Waals surface area contributed by atoms with Crippen molar-refractivity contribution in [2.24, 2.45) is 5.10 Å². The number of amides is 2. The van der Waals surface area contributed by atoms with Crippen LogP contribution < -0.4 is 30.5 Å². The van der Waals surface area contributed by atoms with Crippen LogP contribution in [0.4, 0.5) is 0 Å². The Balaban J connectivity index is 1.66. The van der Waals surface area contributed by atoms with Crippen molar-refractivity contribution in [2.75, 3.05) is 21.3 Å². The van der Waals surface area contributed by atoms with Crippen LogP contribution in [0.25, 0.3) is 10.8 Å². The molecule has 0 bridgehead atoms. The highest BCUT2D eigenvalue weighted by Crippen LogP contribution is 2.37. The second kappa shape index (κ2) is 11.7. The maximum absolute atomic E-state index is 13.3. The fourth-order valence-corrected chi connectivity index (χ4v) is 3.83. The maximum Gasteiger partial charge on any atom is 0.272 e. The predicted octanol–water partition coefficient (Wildman–Crippen LogP) is 2.57. The van der Waals surface area contributed by atoms with Gasteiger partial charge in [-0.1, -0.05) is 36.4 Å². The SMILES string of the molecule is COc1cc(C=NNC(=O)[C@@H](NC(=O)c2ccccc2)c2n[nH]c(=O)c3ccccc23)cc(OC)c1OC. The highest BCUT2D eigenvalue weighted by Gasteiger charge is 2.27. The molecule has 0 fully saturated rings. The van der Waals surface area contributed by atoms with E-state index in [4.69, 9.17) is 14.2 Å². The summed E-state index contributed by atoms with van der Waals surface area (Å²) in [5.41, 5.74) is 3.08. The van der Waals surface area contributed by atoms with E-state index in [9.17, 15) is 14.4 Å². The maximum atomic E-state index is 13.3. The zero-order valence-corrected chi connectivity index (χ0v) is 20.8. The van der Waals surface area contributed by atoms with Crippen molar-refractivity contribution >= 4 is 28.8 Å². The van der Waals surface area contributed by atoms with Gasteiger partial charge in [-0.3, -0.25) is 14.4 Å². The molecule has 0 unspecified atom stereocenters. The summed E-state index contributed by atoms with van der Waals surface area (Å²) in [5.74, 6) is 0.0584. The van der Waals surface area contributed by atoms with E-state index in [1.807, 2.05) is 0 Å². The van der Waals surface area contributed by atoms with E-state index in [1.165, 1.54) is 27.5 Å². The molecule has 4 aromatic rings. The summed E-state index contributed by atoms with van der Waals surface area (Å²) in [6, 6.07) is 17.1. The molecule has 194 valence electrons. The lowest BCUT2D eigenvalue weighted by molar-refractivity contribution is -0.123. The quantitative estimate of drug-likeness (QED) is 0.230. The normalized spacial score (nSPS) is 11.7. The van der Waals surface area contributed by atoms with Crippen LogP contribution in [-0.2, 0) is 4.79 Å². The number of methoxy groups -OCH3 is 3. The van der Waals surface area contributed by atoms with Gasteiger partial charge in [0.25, 0.3) is 17.4 Å². The van der Waals surface area contributed by atoms with Gasteiger partial charge in [-0.25, -0.2) is 10.5 Å². The summed E-state index contributed by atoms with van der Waals surface area (Å²) in [6.45, 7) is 0. The fourth-order valence-electron chi connectivity index (χ4n) is 3.83. The van der Waals surface area contributed by atoms with Gasteiger partial charge in [-0.15, -0.1) is 0 Å². The Morgan fingerprint density at radius 2 is 1.55 bits per heavy atom. The van der Waals surface area contributed by atoms with E-state index >= 15 is 0 Å². The minimum atomic E-state index is -1.28. The average molecular weight is 516 g/mol. The Labute approximate surface area is 217 Å². The third-order valence-electron chi connectivity index (χ3n) is 5.65. The minimum absolute atomic E-state index is 0.157. The van der Waals surface area contributed by atoms with Crippen molar-refractivity contribution < 1.29 is 23.8 Å². The molecule has 3 N–H and O–H groups in total. The molecule has 0 saturated carbocycles. The number of aromatic nitrogens is 2. The smallest absolute Gasteiger partial charge is 0.272 e. The molecule has 2 amide bonds. The number of hydrazone groups is 1. The molecule has 1 heterocycles. The number of carbonyl (C=O) groups excluding carboxylic acids is 2. The summed E-state index contributed by atoms with van der Waals surface area (Å²) in [4.78, 5) is 38.6. The number of nitrogens with one attached hydrogen (secondary N) is 3. The first kappa shape index (κ1) is 25.9. The number of benzene rings is 3. The number of hydrogen-bond acceptors (Lipinski definition) is 8. The third kappa shape index (κ3) is 5.46. The Hall–Kier alpha value is -5.19. The van der Waals surface area contributed by atoms with Crippen molar-refractivity contribution in [1.82, 2.24) is 20.9 Å². The first-order valence-corrected chi connectivity index (χ1v) is 11.4. The van der Waals surface area contributed by atoms with E-state index < -0.39 is 23.4 Å². The lowest BCUT2D eigenvalue weighted by atomic mass is 10.0. The number of fused-ring (bicyclic) bond motifs is 1. The van der Waals surface area contributed by atoms with Crippen LogP contribution in [0.1, 0.15) is 27.7 Å². The van der Waals surface area contributed by atoms with Crippen LogP contribution in [0, 0.1) is 0 Å². The van der Waals surface area contributed by atoms with E-state index in [1.54, 1.807) is 66.7 Å². The molecule has 4 rings (SSSR count). The number of ether oxygens (including phenoxy) is 3. The average Bonchev–Trinajstić information content (AvgIpc) is 2.96. The summed E-state index contributed by atoms with van der Waals surface area (Å²) < 4.78 is 16.0. The Morgan fingerprint density at radius 3 is 2.18 bits per heavy atom. The predicted molar refractivity (Wildman–Crippen MR) is 141 cm³/mol. The van der Waals surface area contributed by atoms with Crippen molar-refractivity contribution in [2.45, 2.75) is 6.04 Å². The molecule has 3 aromatic carbocycles. The van der Waals surface area contributed by atoms with Crippen LogP contribution in [-0.4, -0.2) is 49.6 Å². The topological polar surface area (TPSA) is 144 Å². The number of rotatable bonds is 9. The van der Waals surface area contributed by atoms with Gasteiger partial charge in [0, 0.05) is 16.5 Å². The summed E-state index contributed by atoms with van der Waals surface area (Å²) >= 11 is 0. The van der Waals surface area contributed by atoms with Gasteiger partial charge in [-0.2, -0.15) is 10.2 Å². The molecular weight excluding hydrogens is 490 g/mol. The minimum Gasteiger partial charge on any atom is -0.493 e. The molecule has 0 radical (unpaired) electrons. The number of nitrogens with zero attached hydrogens (tertiary/aromatic N) is 2. The van der Waals surface area contributed by atoms with Crippen molar-refractivity contribution in [3.63, 3.8) is 0 Å². The van der Waals surface area contributed by atoms with Crippen molar-refractivity contribution in [1.29, 1.82) is 0 Å². The largest absolute Gasteiger partial charge is 0.493 e. The lowest BCUT2D eigenvalue weighted by Gasteiger charge is -2.18. The second-order valence-corrected chi connectivity index (χ2v) is 7.95. The van der Waals surface area contributed by atoms with Gasteiger partial charge in [0.2, 0.25) is 5.75 Å². The molecular formula is C27H25N5O6. The van der Waals surface area contributed by atoms with Gasteiger partial charge in [0.15, 0.2) is 17.5 Å². The van der Waals surface area contributed by atoms with Gasteiger partial charge in [0.1, 0.15) is 5.69 Å². The zero-order valence-electron chi connectivity index (χ0n) is 20.8. The van der Waals surface area contributed by atoms with E-state index in [0.717, 1.165) is 0 Å². The molecule has 38 heavy (non-hydrogen) atoms. The Morgan fingerprint density at radius 1 is 0.921 bits per heavy atom. The first-order chi connectivity index (χ1) is 18.5. The molecule has 0 aliphatic rings. The monoisotopic (exact) mass is 515 g/mol. The van der Waals surface area contributed by atoms with Crippen molar-refractivity contribution in [3.05, 3.63) is 93.9 Å². The van der Waals surface area contributed by atoms with Gasteiger partial charge in [0.05, 0.1) is 32.9 Å². The molecule has 0 aliphatic carbocycles. The number of H-pyrrole nitrogens is 1. The number of carbonyl (C=O) groups is 2. The molecule has 1 aromatic heterocycles. The number of aromatic amines is 1. The lowest BCUT2D eigenvalue weighted by Crippen LogP contribution is -2.40. The Bertz CT molecular complexity index is 1530. The van der Waals surface area contributed by atoms with E-state index in [0.29, 0.717) is 39.1 Å². The van der Waals surface area contributed by atoms with Gasteiger partial charge < -0.3 is 19.5 Å². The summed E-state index contributed by atoms with van der Waals surface area (Å²) in [7, 11) is 4.47. The molecule has 1 atom stereocenters. The van der Waals surface area contributed by atoms with Crippen molar-refractivity contribution in [3.8, 4) is 17.2 Å². The van der Waals surface area contributed by atoms with Crippen LogP contribution in [0.3, 0.4) is 0 Å². The fraction of sp³-hybridized carbons (Fsp3) is 0.148. The van der Waals surface area contributed by atoms with Gasteiger partial charge >= 0.3 is 0 Å². The van der Waals surface area contributed by atoms with Crippen LogP contribution in [0.5, 0.6) is 17.2 Å². The molecule has 0 saturated heterocycles. The van der Waals surface area contributed by atoms with Crippen LogP contribution in [0.15, 0.2) is 76.6 Å². The van der Waals surface area contributed by atoms with E-state index in [-0.39, 0.29) is 5.69 Å². The standard InChI is InChI=1S/C27H25N5O6/c1-36-20-13-16(14-21(37-2)24(20)38-3)15-28-31-27(35)23(29-25(33)17-9-5-4-6-10-17)22-18-11-7-8-12-19(18)26(34)32-30-22/h4-15,23H,1-3H3,(H,29,33)(H,31,35)(H,32,34)/t23-/m0/s1. The third-order valence-corrected chi connectivity index (χ3v) is 5.65. The molecule has 0 aliphatic heterocycles. The summed E-state index contributed by atoms with van der Waals surface area (Å²) in [5, 5.41) is 14.0. The highest BCUT2D eigenvalue weighted by atomic mass is 16.5. The summed E-state index contributed by atoms with van der Waals surface area (Å²) in [6.07, 6.45) is 1.39. The van der Waals surface area contributed by atoms with Gasteiger partial charge in [-0.05, 0) is 30.3 Å².